The first-order valence-corrected chi connectivity index (χ1v) is 5.54. The van der Waals surface area contributed by atoms with Crippen LogP contribution in [-0.2, 0) is 0 Å². The largest absolute Gasteiger partial charge is 0.313 e. The van der Waals surface area contributed by atoms with Gasteiger partial charge in [0.2, 0.25) is 0 Å². The highest BCUT2D eigenvalue weighted by atomic mass is 35.5. The Morgan fingerprint density at radius 1 is 1.31 bits per heavy atom. The molecule has 16 heavy (non-hydrogen) atoms. The number of halogens is 2. The Bertz CT molecular complexity index is 530. The van der Waals surface area contributed by atoms with Gasteiger partial charge in [-0.05, 0) is 30.7 Å². The minimum absolute atomic E-state index is 0.639. The molecule has 0 N–H and O–H groups in total. The number of benzene rings is 1. The zero-order valence-corrected chi connectivity index (χ0v) is 10.2. The average Bonchev–Trinajstić information content (AvgIpc) is 2.63. The Labute approximate surface area is 104 Å². The monoisotopic (exact) mass is 252 g/mol. The summed E-state index contributed by atoms with van der Waals surface area (Å²) in [6.07, 6.45) is 7.49. The van der Waals surface area contributed by atoms with Gasteiger partial charge in [0.1, 0.15) is 0 Å². The minimum Gasteiger partial charge on any atom is -0.313 e. The number of aromatic nitrogens is 2. The number of nitrogens with zero attached hydrogens (tertiary/aromatic N) is 2. The van der Waals surface area contributed by atoms with Gasteiger partial charge in [-0.15, -0.1) is 0 Å². The van der Waals surface area contributed by atoms with Crippen LogP contribution in [0.4, 0.5) is 0 Å². The van der Waals surface area contributed by atoms with Crippen LogP contribution in [-0.4, -0.2) is 9.55 Å². The third-order valence-electron chi connectivity index (χ3n) is 2.12. The molecule has 0 aliphatic heterocycles. The SMILES string of the molecule is Cc1cn(C=Cc2ccc(Cl)cc2Cl)cn1. The van der Waals surface area contributed by atoms with E-state index in [-0.39, 0.29) is 0 Å². The van der Waals surface area contributed by atoms with Crippen LogP contribution in [0.1, 0.15) is 11.3 Å². The highest BCUT2D eigenvalue weighted by molar-refractivity contribution is 6.35. The molecule has 1 aromatic heterocycles. The molecule has 2 aromatic rings. The molecule has 0 unspecified atom stereocenters. The van der Waals surface area contributed by atoms with Gasteiger partial charge in [0.05, 0.1) is 12.0 Å². The topological polar surface area (TPSA) is 17.8 Å². The van der Waals surface area contributed by atoms with E-state index < -0.39 is 0 Å². The average molecular weight is 253 g/mol. The van der Waals surface area contributed by atoms with E-state index in [1.165, 1.54) is 0 Å². The van der Waals surface area contributed by atoms with Crippen molar-refractivity contribution < 1.29 is 0 Å². The van der Waals surface area contributed by atoms with Crippen molar-refractivity contribution in [3.8, 4) is 0 Å². The fraction of sp³-hybridized carbons (Fsp3) is 0.0833. The molecule has 0 bridgehead atoms. The van der Waals surface area contributed by atoms with Crippen LogP contribution < -0.4 is 0 Å². The summed E-state index contributed by atoms with van der Waals surface area (Å²) >= 11 is 11.9. The molecule has 0 saturated carbocycles. The summed E-state index contributed by atoms with van der Waals surface area (Å²) in [5.41, 5.74) is 1.91. The molecule has 2 rings (SSSR count). The van der Waals surface area contributed by atoms with Gasteiger partial charge in [-0.2, -0.15) is 0 Å². The zero-order valence-electron chi connectivity index (χ0n) is 8.69. The Hall–Kier alpha value is -1.25. The minimum atomic E-state index is 0.639. The summed E-state index contributed by atoms with van der Waals surface area (Å²) in [6, 6.07) is 5.42. The van der Waals surface area contributed by atoms with Crippen LogP contribution in [0, 0.1) is 6.92 Å². The lowest BCUT2D eigenvalue weighted by Crippen LogP contribution is -1.80. The van der Waals surface area contributed by atoms with E-state index in [1.807, 2.05) is 42.1 Å². The lowest BCUT2D eigenvalue weighted by molar-refractivity contribution is 1.14. The van der Waals surface area contributed by atoms with Crippen LogP contribution >= 0.6 is 23.2 Å². The van der Waals surface area contributed by atoms with Crippen LogP contribution in [0.2, 0.25) is 10.0 Å². The molecule has 0 radical (unpaired) electrons. The standard InChI is InChI=1S/C12H10Cl2N2/c1-9-7-16(8-15-9)5-4-10-2-3-11(13)6-12(10)14/h2-8H,1H3. The summed E-state index contributed by atoms with van der Waals surface area (Å²) in [4.78, 5) is 4.12. The summed E-state index contributed by atoms with van der Waals surface area (Å²) in [7, 11) is 0. The molecule has 0 atom stereocenters. The van der Waals surface area contributed by atoms with Crippen LogP contribution in [0.15, 0.2) is 30.7 Å². The van der Waals surface area contributed by atoms with Gasteiger partial charge in [0, 0.05) is 22.4 Å². The van der Waals surface area contributed by atoms with Gasteiger partial charge in [-0.25, -0.2) is 4.98 Å². The van der Waals surface area contributed by atoms with Crippen molar-refractivity contribution in [2.45, 2.75) is 6.92 Å². The molecular weight excluding hydrogens is 243 g/mol. The maximum absolute atomic E-state index is 6.04. The first-order valence-electron chi connectivity index (χ1n) is 4.78. The molecule has 0 spiro atoms. The van der Waals surface area contributed by atoms with E-state index >= 15 is 0 Å². The van der Waals surface area contributed by atoms with Crippen molar-refractivity contribution in [2.24, 2.45) is 0 Å². The van der Waals surface area contributed by atoms with Crippen LogP contribution in [0.5, 0.6) is 0 Å². The number of rotatable bonds is 2. The molecule has 4 heteroatoms. The number of aryl methyl sites for hydroxylation is 1. The predicted octanol–water partition coefficient (Wildman–Crippen LogP) is 4.13. The normalized spacial score (nSPS) is 11.2. The van der Waals surface area contributed by atoms with Crippen LogP contribution in [0.3, 0.4) is 0 Å². The van der Waals surface area contributed by atoms with Gasteiger partial charge >= 0.3 is 0 Å². The number of hydrogen-bond donors (Lipinski definition) is 0. The molecule has 0 aliphatic carbocycles. The molecule has 0 fully saturated rings. The molecule has 2 nitrogen and oxygen atoms in total. The fourth-order valence-electron chi connectivity index (χ4n) is 1.32. The van der Waals surface area contributed by atoms with Crippen LogP contribution in [0.25, 0.3) is 12.3 Å². The van der Waals surface area contributed by atoms with Gasteiger partial charge in [0.25, 0.3) is 0 Å². The second-order valence-electron chi connectivity index (χ2n) is 3.44. The van der Waals surface area contributed by atoms with Gasteiger partial charge < -0.3 is 4.57 Å². The molecule has 0 amide bonds. The zero-order chi connectivity index (χ0) is 11.5. The maximum Gasteiger partial charge on any atom is 0.0990 e. The van der Waals surface area contributed by atoms with E-state index in [0.717, 1.165) is 11.3 Å². The van der Waals surface area contributed by atoms with Crippen molar-refractivity contribution in [3.05, 3.63) is 52.0 Å². The second-order valence-corrected chi connectivity index (χ2v) is 4.29. The highest BCUT2D eigenvalue weighted by Crippen LogP contribution is 2.22. The number of hydrogen-bond acceptors (Lipinski definition) is 1. The van der Waals surface area contributed by atoms with Crippen molar-refractivity contribution in [3.63, 3.8) is 0 Å². The fourth-order valence-corrected chi connectivity index (χ4v) is 1.80. The quantitative estimate of drug-likeness (QED) is 0.786. The Morgan fingerprint density at radius 3 is 2.75 bits per heavy atom. The Kier molecular flexibility index (Phi) is 3.32. The molecule has 82 valence electrons. The summed E-state index contributed by atoms with van der Waals surface area (Å²) in [5, 5.41) is 1.28. The second kappa shape index (κ2) is 4.73. The molecule has 0 aliphatic rings. The molecule has 0 saturated heterocycles. The third kappa shape index (κ3) is 2.65. The Morgan fingerprint density at radius 2 is 2.12 bits per heavy atom. The van der Waals surface area contributed by atoms with E-state index in [2.05, 4.69) is 4.98 Å². The van der Waals surface area contributed by atoms with E-state index in [1.54, 1.807) is 12.4 Å². The van der Waals surface area contributed by atoms with Gasteiger partial charge in [-0.3, -0.25) is 0 Å². The maximum atomic E-state index is 6.04. The first kappa shape index (κ1) is 11.2. The lowest BCUT2D eigenvalue weighted by atomic mass is 10.2. The molecule has 1 heterocycles. The molecule has 1 aromatic carbocycles. The summed E-state index contributed by atoms with van der Waals surface area (Å²) in [6.45, 7) is 1.94. The number of imidazole rings is 1. The van der Waals surface area contributed by atoms with Gasteiger partial charge in [-0.1, -0.05) is 29.3 Å². The van der Waals surface area contributed by atoms with Crippen molar-refractivity contribution in [1.29, 1.82) is 0 Å². The Balaban J connectivity index is 2.23. The van der Waals surface area contributed by atoms with Crippen molar-refractivity contribution in [2.75, 3.05) is 0 Å². The van der Waals surface area contributed by atoms with E-state index in [0.29, 0.717) is 10.0 Å². The van der Waals surface area contributed by atoms with Crippen molar-refractivity contribution >= 4 is 35.5 Å². The molecular formula is C12H10Cl2N2. The van der Waals surface area contributed by atoms with E-state index in [9.17, 15) is 0 Å². The third-order valence-corrected chi connectivity index (χ3v) is 2.68. The van der Waals surface area contributed by atoms with E-state index in [4.69, 9.17) is 23.2 Å². The van der Waals surface area contributed by atoms with Gasteiger partial charge in [0.15, 0.2) is 0 Å². The summed E-state index contributed by atoms with van der Waals surface area (Å²) < 4.78 is 1.88. The highest BCUT2D eigenvalue weighted by Gasteiger charge is 1.97. The summed E-state index contributed by atoms with van der Waals surface area (Å²) in [5.74, 6) is 0. The van der Waals surface area contributed by atoms with Crippen molar-refractivity contribution in [1.82, 2.24) is 9.55 Å². The predicted molar refractivity (Wildman–Crippen MR) is 68.7 cm³/mol. The first-order chi connectivity index (χ1) is 7.65. The lowest BCUT2D eigenvalue weighted by Gasteiger charge is -1.98. The smallest absolute Gasteiger partial charge is 0.0990 e.